The van der Waals surface area contributed by atoms with E-state index in [9.17, 15) is 9.59 Å². The highest BCUT2D eigenvalue weighted by Gasteiger charge is 2.31. The number of carboxylic acid groups (broad SMARTS) is 1. The van der Waals surface area contributed by atoms with E-state index >= 15 is 0 Å². The van der Waals surface area contributed by atoms with Gasteiger partial charge >= 0.3 is 12.1 Å². The third-order valence-electron chi connectivity index (χ3n) is 3.88. The fraction of sp³-hybridized carbons (Fsp3) is 0.529. The molecule has 2 atom stereocenters. The predicted octanol–water partition coefficient (Wildman–Crippen LogP) is 3.44. The lowest BCUT2D eigenvalue weighted by atomic mass is 9.76. The van der Waals surface area contributed by atoms with Crippen molar-refractivity contribution in [2.24, 2.45) is 11.3 Å². The topological polar surface area (TPSA) is 75.6 Å². The van der Waals surface area contributed by atoms with Crippen molar-refractivity contribution in [3.05, 3.63) is 35.9 Å². The van der Waals surface area contributed by atoms with Gasteiger partial charge in [-0.3, -0.25) is 4.79 Å². The molecule has 5 nitrogen and oxygen atoms in total. The molecule has 0 aliphatic rings. The second-order valence-corrected chi connectivity index (χ2v) is 6.57. The Morgan fingerprint density at radius 2 is 1.82 bits per heavy atom. The lowest BCUT2D eigenvalue weighted by Gasteiger charge is -2.34. The fourth-order valence-corrected chi connectivity index (χ4v) is 2.06. The highest BCUT2D eigenvalue weighted by Crippen LogP contribution is 2.29. The summed E-state index contributed by atoms with van der Waals surface area (Å²) in [6.45, 7) is 8.15. The molecule has 0 saturated carbocycles. The summed E-state index contributed by atoms with van der Waals surface area (Å²) < 4.78 is 5.16. The number of benzene rings is 1. The van der Waals surface area contributed by atoms with E-state index in [0.717, 1.165) is 5.56 Å². The molecule has 1 aromatic rings. The monoisotopic (exact) mass is 307 g/mol. The second-order valence-electron chi connectivity index (χ2n) is 6.57. The molecule has 0 aliphatic heterocycles. The quantitative estimate of drug-likeness (QED) is 0.844. The molecule has 122 valence electrons. The van der Waals surface area contributed by atoms with Crippen molar-refractivity contribution < 1.29 is 19.4 Å². The lowest BCUT2D eigenvalue weighted by molar-refractivity contribution is -0.138. The van der Waals surface area contributed by atoms with Gasteiger partial charge in [-0.1, -0.05) is 58.0 Å². The van der Waals surface area contributed by atoms with Gasteiger partial charge in [0, 0.05) is 6.04 Å². The minimum atomic E-state index is -0.940. The zero-order chi connectivity index (χ0) is 16.8. The Bertz CT molecular complexity index is 493. The number of amides is 1. The molecule has 0 fully saturated rings. The first-order valence-electron chi connectivity index (χ1n) is 7.39. The first-order chi connectivity index (χ1) is 10.2. The lowest BCUT2D eigenvalue weighted by Crippen LogP contribution is -2.45. The van der Waals surface area contributed by atoms with Crippen molar-refractivity contribution in [2.75, 3.05) is 0 Å². The van der Waals surface area contributed by atoms with Crippen molar-refractivity contribution in [3.8, 4) is 0 Å². The SMILES string of the molecule is CC(C(CC(=O)O)NC(=O)OCc1ccccc1)C(C)(C)C. The van der Waals surface area contributed by atoms with Crippen LogP contribution in [0.3, 0.4) is 0 Å². The summed E-state index contributed by atoms with van der Waals surface area (Å²) in [6.07, 6.45) is -0.718. The number of ether oxygens (including phenoxy) is 1. The van der Waals surface area contributed by atoms with Gasteiger partial charge in [-0.05, 0) is 16.9 Å². The first-order valence-corrected chi connectivity index (χ1v) is 7.39. The standard InChI is InChI=1S/C17H25NO4/c1-12(17(2,3)4)14(10-15(19)20)18-16(21)22-11-13-8-6-5-7-9-13/h5-9,12,14H,10-11H2,1-4H3,(H,18,21)(H,19,20). The Kier molecular flexibility index (Phi) is 6.40. The van der Waals surface area contributed by atoms with Crippen LogP contribution >= 0.6 is 0 Å². The van der Waals surface area contributed by atoms with Gasteiger partial charge in [-0.15, -0.1) is 0 Å². The smallest absolute Gasteiger partial charge is 0.407 e. The van der Waals surface area contributed by atoms with Crippen LogP contribution in [0.2, 0.25) is 0 Å². The van der Waals surface area contributed by atoms with Crippen LogP contribution in [0, 0.1) is 11.3 Å². The summed E-state index contributed by atoms with van der Waals surface area (Å²) in [7, 11) is 0. The molecular formula is C17H25NO4. The number of hydrogen-bond acceptors (Lipinski definition) is 3. The minimum Gasteiger partial charge on any atom is -0.481 e. The van der Waals surface area contributed by atoms with E-state index in [4.69, 9.17) is 9.84 Å². The number of aliphatic carboxylic acids is 1. The maximum absolute atomic E-state index is 11.9. The molecule has 1 aromatic carbocycles. The number of hydrogen-bond donors (Lipinski definition) is 2. The van der Waals surface area contributed by atoms with Gasteiger partial charge in [0.2, 0.25) is 0 Å². The maximum atomic E-state index is 11.9. The number of nitrogens with one attached hydrogen (secondary N) is 1. The molecule has 22 heavy (non-hydrogen) atoms. The Morgan fingerprint density at radius 3 is 2.32 bits per heavy atom. The number of alkyl carbamates (subject to hydrolysis) is 1. The molecule has 2 unspecified atom stereocenters. The maximum Gasteiger partial charge on any atom is 0.407 e. The molecule has 0 heterocycles. The van der Waals surface area contributed by atoms with Crippen molar-refractivity contribution in [2.45, 2.75) is 46.8 Å². The van der Waals surface area contributed by atoms with Crippen molar-refractivity contribution in [1.29, 1.82) is 0 Å². The van der Waals surface area contributed by atoms with E-state index in [1.807, 2.05) is 58.0 Å². The van der Waals surface area contributed by atoms with Gasteiger partial charge < -0.3 is 15.2 Å². The molecule has 0 aromatic heterocycles. The minimum absolute atomic E-state index is 0.00660. The molecule has 0 saturated heterocycles. The first kappa shape index (κ1) is 18.0. The van der Waals surface area contributed by atoms with Crippen LogP contribution in [0.4, 0.5) is 4.79 Å². The van der Waals surface area contributed by atoms with Gasteiger partial charge in [0.1, 0.15) is 6.61 Å². The van der Waals surface area contributed by atoms with Crippen LogP contribution in [0.25, 0.3) is 0 Å². The molecule has 0 aliphatic carbocycles. The van der Waals surface area contributed by atoms with Crippen LogP contribution in [0.1, 0.15) is 39.7 Å². The summed E-state index contributed by atoms with van der Waals surface area (Å²) in [5.41, 5.74) is 0.767. The Morgan fingerprint density at radius 1 is 1.23 bits per heavy atom. The van der Waals surface area contributed by atoms with Crippen LogP contribution in [-0.2, 0) is 16.1 Å². The molecule has 1 rings (SSSR count). The van der Waals surface area contributed by atoms with Crippen molar-refractivity contribution in [1.82, 2.24) is 5.32 Å². The van der Waals surface area contributed by atoms with E-state index in [1.165, 1.54) is 0 Å². The van der Waals surface area contributed by atoms with Gasteiger partial charge in [0.05, 0.1) is 6.42 Å². The summed E-state index contributed by atoms with van der Waals surface area (Å²) in [6, 6.07) is 8.87. The normalized spacial score (nSPS) is 14.0. The summed E-state index contributed by atoms with van der Waals surface area (Å²) in [5.74, 6) is -0.947. The number of carbonyl (C=O) groups is 2. The molecule has 0 spiro atoms. The van der Waals surface area contributed by atoms with Crippen LogP contribution < -0.4 is 5.32 Å². The van der Waals surface area contributed by atoms with Crippen LogP contribution in [0.5, 0.6) is 0 Å². The van der Waals surface area contributed by atoms with Gasteiger partial charge in [-0.2, -0.15) is 0 Å². The zero-order valence-electron chi connectivity index (χ0n) is 13.6. The van der Waals surface area contributed by atoms with Gasteiger partial charge in [0.15, 0.2) is 0 Å². The van der Waals surface area contributed by atoms with Crippen LogP contribution in [0.15, 0.2) is 30.3 Å². The van der Waals surface area contributed by atoms with Gasteiger partial charge in [-0.25, -0.2) is 4.79 Å². The fourth-order valence-electron chi connectivity index (χ4n) is 2.06. The zero-order valence-corrected chi connectivity index (χ0v) is 13.6. The Balaban J connectivity index is 2.61. The highest BCUT2D eigenvalue weighted by molar-refractivity contribution is 5.71. The molecule has 0 radical (unpaired) electrons. The average molecular weight is 307 g/mol. The van der Waals surface area contributed by atoms with E-state index in [-0.39, 0.29) is 24.4 Å². The van der Waals surface area contributed by atoms with E-state index in [0.29, 0.717) is 0 Å². The predicted molar refractivity (Wildman–Crippen MR) is 84.4 cm³/mol. The largest absolute Gasteiger partial charge is 0.481 e. The highest BCUT2D eigenvalue weighted by atomic mass is 16.5. The van der Waals surface area contributed by atoms with Gasteiger partial charge in [0.25, 0.3) is 0 Å². The number of rotatable bonds is 6. The Hall–Kier alpha value is -2.04. The third kappa shape index (κ3) is 6.16. The number of carboxylic acids is 1. The summed E-state index contributed by atoms with van der Waals surface area (Å²) in [5, 5.41) is 11.7. The number of carbonyl (C=O) groups excluding carboxylic acids is 1. The Labute approximate surface area is 131 Å². The average Bonchev–Trinajstić information content (AvgIpc) is 2.43. The van der Waals surface area contributed by atoms with Crippen molar-refractivity contribution >= 4 is 12.1 Å². The van der Waals surface area contributed by atoms with Crippen molar-refractivity contribution in [3.63, 3.8) is 0 Å². The summed E-state index contributed by atoms with van der Waals surface area (Å²) >= 11 is 0. The molecule has 2 N–H and O–H groups in total. The van der Waals surface area contributed by atoms with E-state index < -0.39 is 18.1 Å². The van der Waals surface area contributed by atoms with E-state index in [2.05, 4.69) is 5.32 Å². The van der Waals surface area contributed by atoms with Crippen LogP contribution in [-0.4, -0.2) is 23.2 Å². The second kappa shape index (κ2) is 7.82. The summed E-state index contributed by atoms with van der Waals surface area (Å²) in [4.78, 5) is 22.9. The van der Waals surface area contributed by atoms with E-state index in [1.54, 1.807) is 0 Å². The molecule has 0 bridgehead atoms. The molecule has 5 heteroatoms. The molecule has 1 amide bonds. The third-order valence-corrected chi connectivity index (χ3v) is 3.88. The molecular weight excluding hydrogens is 282 g/mol.